The Morgan fingerprint density at radius 3 is 1.81 bits per heavy atom. The van der Waals surface area contributed by atoms with Crippen LogP contribution in [0.4, 0.5) is 5.69 Å². The molecule has 0 aliphatic heterocycles. The molecule has 1 aromatic rings. The second-order valence-corrected chi connectivity index (χ2v) is 6.63. The van der Waals surface area contributed by atoms with Crippen molar-refractivity contribution in [3.63, 3.8) is 0 Å². The van der Waals surface area contributed by atoms with Gasteiger partial charge >= 0.3 is 7.75 Å². The van der Waals surface area contributed by atoms with Crippen LogP contribution in [-0.4, -0.2) is 13.2 Å². The van der Waals surface area contributed by atoms with Crippen LogP contribution in [0.5, 0.6) is 0 Å². The van der Waals surface area contributed by atoms with Crippen LogP contribution < -0.4 is 5.09 Å². The maximum atomic E-state index is 12.7. The van der Waals surface area contributed by atoms with Crippen molar-refractivity contribution in [1.29, 1.82) is 0 Å². The zero-order chi connectivity index (χ0) is 15.7. The molecule has 1 N–H and O–H groups in total. The molecule has 0 aromatic heterocycles. The zero-order valence-electron chi connectivity index (χ0n) is 13.6. The van der Waals surface area contributed by atoms with E-state index in [0.29, 0.717) is 13.2 Å². The Labute approximate surface area is 128 Å². The fourth-order valence-corrected chi connectivity index (χ4v) is 3.78. The van der Waals surface area contributed by atoms with Gasteiger partial charge in [0.25, 0.3) is 0 Å². The lowest BCUT2D eigenvalue weighted by atomic mass is 10.0. The van der Waals surface area contributed by atoms with E-state index in [9.17, 15) is 4.57 Å². The highest BCUT2D eigenvalue weighted by Gasteiger charge is 2.25. The number of rotatable bonds is 10. The summed E-state index contributed by atoms with van der Waals surface area (Å²) in [6.07, 6.45) is 3.96. The molecule has 0 aliphatic carbocycles. The van der Waals surface area contributed by atoms with Crippen LogP contribution in [0.15, 0.2) is 18.2 Å². The van der Waals surface area contributed by atoms with Crippen molar-refractivity contribution in [2.24, 2.45) is 0 Å². The lowest BCUT2D eigenvalue weighted by molar-refractivity contribution is 0.225. The Bertz CT molecular complexity index is 442. The van der Waals surface area contributed by atoms with E-state index >= 15 is 0 Å². The maximum absolute atomic E-state index is 12.7. The fourth-order valence-electron chi connectivity index (χ4n) is 2.33. The Balaban J connectivity index is 3.15. The van der Waals surface area contributed by atoms with E-state index in [1.807, 2.05) is 13.8 Å². The first-order valence-corrected chi connectivity index (χ1v) is 9.42. The summed E-state index contributed by atoms with van der Waals surface area (Å²) < 4.78 is 23.5. The van der Waals surface area contributed by atoms with Gasteiger partial charge in [0.2, 0.25) is 0 Å². The number of para-hydroxylation sites is 1. The van der Waals surface area contributed by atoms with Crippen molar-refractivity contribution < 1.29 is 13.6 Å². The van der Waals surface area contributed by atoms with Crippen molar-refractivity contribution in [3.8, 4) is 0 Å². The van der Waals surface area contributed by atoms with Gasteiger partial charge in [-0.15, -0.1) is 0 Å². The molecule has 1 aromatic carbocycles. The lowest BCUT2D eigenvalue weighted by Crippen LogP contribution is -2.09. The molecule has 0 atom stereocenters. The van der Waals surface area contributed by atoms with Crippen LogP contribution in [0.3, 0.4) is 0 Å². The molecule has 5 heteroatoms. The third kappa shape index (κ3) is 5.46. The Morgan fingerprint density at radius 2 is 1.43 bits per heavy atom. The molecule has 120 valence electrons. The van der Waals surface area contributed by atoms with Gasteiger partial charge in [0, 0.05) is 5.69 Å². The van der Waals surface area contributed by atoms with Crippen molar-refractivity contribution in [2.75, 3.05) is 18.3 Å². The monoisotopic (exact) mass is 313 g/mol. The lowest BCUT2D eigenvalue weighted by Gasteiger charge is -2.22. The molecule has 0 unspecified atom stereocenters. The maximum Gasteiger partial charge on any atom is 0.432 e. The number of benzene rings is 1. The van der Waals surface area contributed by atoms with Gasteiger partial charge in [-0.3, -0.25) is 14.1 Å². The summed E-state index contributed by atoms with van der Waals surface area (Å²) in [5.41, 5.74) is 3.26. The highest BCUT2D eigenvalue weighted by molar-refractivity contribution is 7.55. The second kappa shape index (κ2) is 9.24. The van der Waals surface area contributed by atoms with Gasteiger partial charge in [-0.2, -0.15) is 0 Å². The third-order valence-corrected chi connectivity index (χ3v) is 4.82. The summed E-state index contributed by atoms with van der Waals surface area (Å²) >= 11 is 0. The highest BCUT2D eigenvalue weighted by atomic mass is 31.2. The van der Waals surface area contributed by atoms with Crippen LogP contribution in [0.1, 0.15) is 51.7 Å². The molecule has 0 amide bonds. The van der Waals surface area contributed by atoms with Gasteiger partial charge in [-0.25, -0.2) is 4.57 Å². The molecule has 0 saturated carbocycles. The molecule has 4 nitrogen and oxygen atoms in total. The van der Waals surface area contributed by atoms with E-state index in [4.69, 9.17) is 9.05 Å². The third-order valence-electron chi connectivity index (χ3n) is 3.12. The van der Waals surface area contributed by atoms with Gasteiger partial charge in [-0.1, -0.05) is 44.9 Å². The minimum atomic E-state index is -3.29. The summed E-state index contributed by atoms with van der Waals surface area (Å²) in [7, 11) is -3.29. The number of hydrogen-bond acceptors (Lipinski definition) is 3. The summed E-state index contributed by atoms with van der Waals surface area (Å²) in [5.74, 6) is 0. The molecule has 0 radical (unpaired) electrons. The number of hydrogen-bond donors (Lipinski definition) is 1. The predicted octanol–water partition coefficient (Wildman–Crippen LogP) is 5.18. The first-order chi connectivity index (χ1) is 10.1. The summed E-state index contributed by atoms with van der Waals surface area (Å²) in [4.78, 5) is 0. The summed E-state index contributed by atoms with van der Waals surface area (Å²) in [6, 6.07) is 6.22. The Hall–Kier alpha value is -0.830. The van der Waals surface area contributed by atoms with E-state index in [2.05, 4.69) is 37.1 Å². The van der Waals surface area contributed by atoms with Crippen LogP contribution in [0, 0.1) is 0 Å². The smallest absolute Gasteiger partial charge is 0.293 e. The topological polar surface area (TPSA) is 47.6 Å². The second-order valence-electron chi connectivity index (χ2n) is 4.90. The van der Waals surface area contributed by atoms with Crippen LogP contribution in [0.2, 0.25) is 0 Å². The summed E-state index contributed by atoms with van der Waals surface area (Å²) in [6.45, 7) is 8.62. The predicted molar refractivity (Wildman–Crippen MR) is 88.9 cm³/mol. The van der Waals surface area contributed by atoms with Gasteiger partial charge in [0.05, 0.1) is 13.2 Å². The fraction of sp³-hybridized carbons (Fsp3) is 0.625. The highest BCUT2D eigenvalue weighted by Crippen LogP contribution is 2.49. The molecule has 0 saturated heterocycles. The number of nitrogens with one attached hydrogen (secondary N) is 1. The SMILES string of the molecule is CCCc1cccc(CCC)c1NP(=O)(OCC)OCC. The molecule has 0 bridgehead atoms. The Morgan fingerprint density at radius 1 is 0.952 bits per heavy atom. The molecular formula is C16H28NO3P. The van der Waals surface area contributed by atoms with E-state index < -0.39 is 7.75 Å². The van der Waals surface area contributed by atoms with E-state index in [1.54, 1.807) is 0 Å². The zero-order valence-corrected chi connectivity index (χ0v) is 14.5. The van der Waals surface area contributed by atoms with Crippen LogP contribution in [0.25, 0.3) is 0 Å². The first kappa shape index (κ1) is 18.2. The average molecular weight is 313 g/mol. The van der Waals surface area contributed by atoms with Gasteiger partial charge < -0.3 is 0 Å². The molecule has 0 aliphatic rings. The number of aryl methyl sites for hydroxylation is 2. The molecule has 1 rings (SSSR count). The van der Waals surface area contributed by atoms with Crippen molar-refractivity contribution >= 4 is 13.4 Å². The van der Waals surface area contributed by atoms with Crippen molar-refractivity contribution in [1.82, 2.24) is 0 Å². The molecule has 21 heavy (non-hydrogen) atoms. The molecule has 0 fully saturated rings. The van der Waals surface area contributed by atoms with Gasteiger partial charge in [0.1, 0.15) is 0 Å². The molecular weight excluding hydrogens is 285 g/mol. The minimum Gasteiger partial charge on any atom is -0.293 e. The first-order valence-electron chi connectivity index (χ1n) is 7.88. The number of anilines is 1. The Kier molecular flexibility index (Phi) is 8.02. The molecule has 0 spiro atoms. The van der Waals surface area contributed by atoms with E-state index in [1.165, 1.54) is 11.1 Å². The largest absolute Gasteiger partial charge is 0.432 e. The minimum absolute atomic E-state index is 0.351. The van der Waals surface area contributed by atoms with Crippen molar-refractivity contribution in [3.05, 3.63) is 29.3 Å². The standard InChI is InChI=1S/C16H28NO3P/c1-5-10-14-12-9-13-15(11-6-2)16(14)17-21(18,19-7-3)20-8-4/h9,12-13H,5-8,10-11H2,1-4H3,(H,17,18). The van der Waals surface area contributed by atoms with Gasteiger partial charge in [0.15, 0.2) is 0 Å². The van der Waals surface area contributed by atoms with Crippen LogP contribution >= 0.6 is 7.75 Å². The van der Waals surface area contributed by atoms with E-state index in [-0.39, 0.29) is 0 Å². The quantitative estimate of drug-likeness (QED) is 0.604. The van der Waals surface area contributed by atoms with E-state index in [0.717, 1.165) is 31.4 Å². The van der Waals surface area contributed by atoms with Gasteiger partial charge in [-0.05, 0) is 37.8 Å². The average Bonchev–Trinajstić information content (AvgIpc) is 2.43. The van der Waals surface area contributed by atoms with Crippen LogP contribution in [-0.2, 0) is 26.5 Å². The molecule has 0 heterocycles. The summed E-state index contributed by atoms with van der Waals surface area (Å²) in [5, 5.41) is 3.08. The van der Waals surface area contributed by atoms with Crippen molar-refractivity contribution in [2.45, 2.75) is 53.4 Å². The normalized spacial score (nSPS) is 11.6.